The van der Waals surface area contributed by atoms with E-state index in [4.69, 9.17) is 0 Å². The number of rotatable bonds is 8. The lowest BCUT2D eigenvalue weighted by molar-refractivity contribution is -0.131. The van der Waals surface area contributed by atoms with Gasteiger partial charge in [0.15, 0.2) is 0 Å². The molecule has 0 aromatic heterocycles. The normalized spacial score (nSPS) is 17.4. The van der Waals surface area contributed by atoms with Crippen molar-refractivity contribution in [1.29, 1.82) is 0 Å². The van der Waals surface area contributed by atoms with Gasteiger partial charge in [0.2, 0.25) is 5.91 Å². The van der Waals surface area contributed by atoms with Crippen molar-refractivity contribution >= 4 is 15.7 Å². The number of hydrogen-bond donors (Lipinski definition) is 0. The highest BCUT2D eigenvalue weighted by atomic mass is 32.2. The van der Waals surface area contributed by atoms with Crippen LogP contribution in [0.4, 0.5) is 13.2 Å². The van der Waals surface area contributed by atoms with Gasteiger partial charge in [-0.25, -0.2) is 8.42 Å². The van der Waals surface area contributed by atoms with Crippen LogP contribution in [-0.4, -0.2) is 61.9 Å². The molecule has 164 valence electrons. The average molecular weight is 435 g/mol. The van der Waals surface area contributed by atoms with Crippen LogP contribution in [0.3, 0.4) is 0 Å². The van der Waals surface area contributed by atoms with Crippen LogP contribution in [0.2, 0.25) is 0 Å². The van der Waals surface area contributed by atoms with Gasteiger partial charge in [0.1, 0.15) is 0 Å². The maximum absolute atomic E-state index is 12.7. The molecule has 1 fully saturated rings. The lowest BCUT2D eigenvalue weighted by Gasteiger charge is -2.31. The monoisotopic (exact) mass is 434 g/mol. The number of hydrogen-bond acceptors (Lipinski definition) is 4. The molecule has 0 spiro atoms. The zero-order valence-electron chi connectivity index (χ0n) is 16.9. The van der Waals surface area contributed by atoms with E-state index in [2.05, 4.69) is 4.90 Å². The summed E-state index contributed by atoms with van der Waals surface area (Å²) in [6, 6.07) is 4.99. The van der Waals surface area contributed by atoms with Crippen LogP contribution in [0.25, 0.3) is 0 Å². The van der Waals surface area contributed by atoms with Gasteiger partial charge in [-0.2, -0.15) is 13.2 Å². The molecule has 1 aliphatic heterocycles. The average Bonchev–Trinajstić information content (AvgIpc) is 2.86. The van der Waals surface area contributed by atoms with Gasteiger partial charge in [0.05, 0.1) is 4.90 Å². The van der Waals surface area contributed by atoms with Gasteiger partial charge in [0, 0.05) is 32.1 Å². The first-order chi connectivity index (χ1) is 13.6. The number of carbonyl (C=O) groups is 1. The first kappa shape index (κ1) is 23.7. The SMILES string of the molecule is CCN(CCN1CCCCCC1=O)C(C)Cc1ccc(S(=O)(=O)C(F)(F)F)cc1. The summed E-state index contributed by atoms with van der Waals surface area (Å²) in [5.41, 5.74) is -4.53. The molecule has 2 rings (SSSR count). The summed E-state index contributed by atoms with van der Waals surface area (Å²) in [5, 5.41) is 0. The first-order valence-electron chi connectivity index (χ1n) is 9.98. The van der Waals surface area contributed by atoms with Crippen molar-refractivity contribution < 1.29 is 26.4 Å². The lowest BCUT2D eigenvalue weighted by atomic mass is 10.1. The molecule has 0 saturated carbocycles. The van der Waals surface area contributed by atoms with Crippen LogP contribution in [0.1, 0.15) is 45.1 Å². The van der Waals surface area contributed by atoms with E-state index in [0.717, 1.165) is 56.6 Å². The van der Waals surface area contributed by atoms with E-state index >= 15 is 0 Å². The molecule has 0 bridgehead atoms. The Morgan fingerprint density at radius 1 is 1.14 bits per heavy atom. The van der Waals surface area contributed by atoms with E-state index in [9.17, 15) is 26.4 Å². The number of alkyl halides is 3. The Morgan fingerprint density at radius 2 is 1.79 bits per heavy atom. The molecular weight excluding hydrogens is 405 g/mol. The van der Waals surface area contributed by atoms with Crippen LogP contribution in [0, 0.1) is 0 Å². The molecule has 1 heterocycles. The third-order valence-corrected chi connectivity index (χ3v) is 6.93. The molecule has 1 aromatic rings. The summed E-state index contributed by atoms with van der Waals surface area (Å²) in [5.74, 6) is 0.202. The molecule has 0 aliphatic carbocycles. The quantitative estimate of drug-likeness (QED) is 0.627. The summed E-state index contributed by atoms with van der Waals surface area (Å²) < 4.78 is 60.9. The van der Waals surface area contributed by atoms with Crippen LogP contribution in [-0.2, 0) is 21.1 Å². The van der Waals surface area contributed by atoms with E-state index < -0.39 is 20.2 Å². The van der Waals surface area contributed by atoms with Crippen molar-refractivity contribution in [3.8, 4) is 0 Å². The molecular formula is C20H29F3N2O3S. The molecule has 29 heavy (non-hydrogen) atoms. The number of halogens is 3. The fourth-order valence-corrected chi connectivity index (χ4v) is 4.38. The summed E-state index contributed by atoms with van der Waals surface area (Å²) in [6.07, 6.45) is 4.24. The number of likely N-dealkylation sites (N-methyl/N-ethyl adjacent to an activating group) is 1. The second-order valence-electron chi connectivity index (χ2n) is 7.47. The number of amides is 1. The van der Waals surface area contributed by atoms with Gasteiger partial charge in [-0.05, 0) is 50.4 Å². The second kappa shape index (κ2) is 9.93. The lowest BCUT2D eigenvalue weighted by Crippen LogP contribution is -2.42. The molecule has 5 nitrogen and oxygen atoms in total. The Hall–Kier alpha value is -1.61. The van der Waals surface area contributed by atoms with Crippen molar-refractivity contribution in [2.24, 2.45) is 0 Å². The number of carbonyl (C=O) groups excluding carboxylic acids is 1. The third-order valence-electron chi connectivity index (χ3n) is 5.43. The fraction of sp³-hybridized carbons (Fsp3) is 0.650. The zero-order valence-corrected chi connectivity index (χ0v) is 17.7. The highest BCUT2D eigenvalue weighted by Crippen LogP contribution is 2.30. The van der Waals surface area contributed by atoms with Gasteiger partial charge >= 0.3 is 5.51 Å². The summed E-state index contributed by atoms with van der Waals surface area (Å²) in [7, 11) is -5.32. The predicted molar refractivity (Wildman–Crippen MR) is 105 cm³/mol. The number of nitrogens with zero attached hydrogens (tertiary/aromatic N) is 2. The standard InChI is InChI=1S/C20H29F3N2O3S/c1-3-24(13-14-25-12-6-4-5-7-19(25)26)16(2)15-17-8-10-18(11-9-17)29(27,28)20(21,22)23/h8-11,16H,3-7,12-15H2,1-2H3. The third kappa shape index (κ3) is 6.18. The second-order valence-corrected chi connectivity index (χ2v) is 9.41. The molecule has 1 unspecified atom stereocenters. The van der Waals surface area contributed by atoms with E-state index in [1.54, 1.807) is 0 Å². The van der Waals surface area contributed by atoms with Gasteiger partial charge in [-0.15, -0.1) is 0 Å². The minimum absolute atomic E-state index is 0.104. The highest BCUT2D eigenvalue weighted by molar-refractivity contribution is 7.92. The molecule has 1 aromatic carbocycles. The van der Waals surface area contributed by atoms with Crippen molar-refractivity contribution in [1.82, 2.24) is 9.80 Å². The van der Waals surface area contributed by atoms with E-state index in [0.29, 0.717) is 19.4 Å². The van der Waals surface area contributed by atoms with Crippen molar-refractivity contribution in [2.75, 3.05) is 26.2 Å². The molecule has 9 heteroatoms. The summed E-state index contributed by atoms with van der Waals surface area (Å²) in [6.45, 7) is 7.02. The van der Waals surface area contributed by atoms with Crippen LogP contribution < -0.4 is 0 Å². The predicted octanol–water partition coefficient (Wildman–Crippen LogP) is 3.64. The van der Waals surface area contributed by atoms with Gasteiger partial charge in [0.25, 0.3) is 9.84 Å². The Bertz CT molecular complexity index is 779. The van der Waals surface area contributed by atoms with E-state index in [1.165, 1.54) is 12.1 Å². The summed E-state index contributed by atoms with van der Waals surface area (Å²) in [4.78, 5) is 15.5. The largest absolute Gasteiger partial charge is 0.501 e. The first-order valence-corrected chi connectivity index (χ1v) is 11.5. The van der Waals surface area contributed by atoms with Crippen molar-refractivity contribution in [2.45, 2.75) is 62.4 Å². The Balaban J connectivity index is 1.96. The highest BCUT2D eigenvalue weighted by Gasteiger charge is 2.46. The molecule has 1 atom stereocenters. The fourth-order valence-electron chi connectivity index (χ4n) is 3.62. The Kier molecular flexibility index (Phi) is 8.10. The van der Waals surface area contributed by atoms with Gasteiger partial charge < -0.3 is 4.90 Å². The maximum atomic E-state index is 12.7. The molecule has 0 radical (unpaired) electrons. The molecule has 0 N–H and O–H groups in total. The maximum Gasteiger partial charge on any atom is 0.501 e. The van der Waals surface area contributed by atoms with Crippen molar-refractivity contribution in [3.05, 3.63) is 29.8 Å². The summed E-state index contributed by atoms with van der Waals surface area (Å²) >= 11 is 0. The molecule has 1 aliphatic rings. The van der Waals surface area contributed by atoms with E-state index in [-0.39, 0.29) is 11.9 Å². The van der Waals surface area contributed by atoms with Crippen molar-refractivity contribution in [3.63, 3.8) is 0 Å². The molecule has 1 saturated heterocycles. The van der Waals surface area contributed by atoms with Gasteiger partial charge in [-0.1, -0.05) is 25.5 Å². The number of benzene rings is 1. The van der Waals surface area contributed by atoms with Crippen LogP contribution in [0.5, 0.6) is 0 Å². The van der Waals surface area contributed by atoms with Gasteiger partial charge in [-0.3, -0.25) is 9.69 Å². The smallest absolute Gasteiger partial charge is 0.341 e. The number of sulfone groups is 1. The Labute approximate surface area is 170 Å². The zero-order chi connectivity index (χ0) is 21.7. The number of likely N-dealkylation sites (tertiary alicyclic amines) is 1. The van der Waals surface area contributed by atoms with E-state index in [1.807, 2.05) is 18.7 Å². The minimum atomic E-state index is -5.32. The molecule has 1 amide bonds. The Morgan fingerprint density at radius 3 is 2.38 bits per heavy atom. The minimum Gasteiger partial charge on any atom is -0.341 e. The van der Waals surface area contributed by atoms with Crippen LogP contribution >= 0.6 is 0 Å². The van der Waals surface area contributed by atoms with Crippen LogP contribution in [0.15, 0.2) is 29.2 Å². The topological polar surface area (TPSA) is 57.7 Å².